The number of nitrogens with one attached hydrogen (secondary N) is 1. The van der Waals surface area contributed by atoms with E-state index in [1.54, 1.807) is 10.9 Å². The lowest BCUT2D eigenvalue weighted by Gasteiger charge is -2.49. The maximum Gasteiger partial charge on any atom is 0.352 e. The molecule has 1 unspecified atom stereocenters. The predicted octanol–water partition coefficient (Wildman–Crippen LogP) is 1.44. The molecular formula is C18H18N6O5S4. The van der Waals surface area contributed by atoms with Crippen molar-refractivity contribution in [3.05, 3.63) is 32.9 Å². The molecule has 4 rings (SSSR count). The van der Waals surface area contributed by atoms with Crippen molar-refractivity contribution in [2.24, 2.45) is 5.16 Å². The minimum absolute atomic E-state index is 0.0349. The Labute approximate surface area is 204 Å². The Morgan fingerprint density at radius 2 is 2.24 bits per heavy atom. The van der Waals surface area contributed by atoms with Crippen LogP contribution in [0.5, 0.6) is 0 Å². The molecule has 1 fully saturated rings. The fourth-order valence-electron chi connectivity index (χ4n) is 3.22. The molecule has 1 saturated heterocycles. The van der Waals surface area contributed by atoms with E-state index in [-0.39, 0.29) is 11.4 Å². The van der Waals surface area contributed by atoms with Gasteiger partial charge >= 0.3 is 5.97 Å². The Kier molecular flexibility index (Phi) is 7.31. The maximum atomic E-state index is 12.9. The first kappa shape index (κ1) is 23.7. The molecule has 174 valence electrons. The van der Waals surface area contributed by atoms with E-state index in [0.717, 1.165) is 15.8 Å². The lowest BCUT2D eigenvalue weighted by molar-refractivity contribution is -0.150. The van der Waals surface area contributed by atoms with Gasteiger partial charge in [-0.15, -0.1) is 33.3 Å². The van der Waals surface area contributed by atoms with Gasteiger partial charge in [0, 0.05) is 16.9 Å². The zero-order valence-corrected chi connectivity index (χ0v) is 20.6. The lowest BCUT2D eigenvalue weighted by Crippen LogP contribution is -2.71. The number of thioether (sulfide) groups is 2. The minimum Gasteiger partial charge on any atom is -0.477 e. The van der Waals surface area contributed by atoms with E-state index in [0.29, 0.717) is 22.8 Å². The first-order valence-corrected chi connectivity index (χ1v) is 13.4. The fraction of sp³-hybridized carbons (Fsp3) is 0.389. The second-order valence-electron chi connectivity index (χ2n) is 6.72. The molecule has 0 bridgehead atoms. The van der Waals surface area contributed by atoms with Crippen LogP contribution in [-0.4, -0.2) is 78.7 Å². The number of aliphatic carboxylic acids is 1. The van der Waals surface area contributed by atoms with E-state index in [9.17, 15) is 19.5 Å². The first-order chi connectivity index (χ1) is 15.9. The number of nitrogens with zero attached hydrogens (tertiary/aromatic N) is 5. The molecule has 11 nitrogen and oxygen atoms in total. The predicted molar refractivity (Wildman–Crippen MR) is 125 cm³/mol. The van der Waals surface area contributed by atoms with Crippen molar-refractivity contribution in [3.63, 3.8) is 0 Å². The molecule has 0 aromatic carbocycles. The van der Waals surface area contributed by atoms with Gasteiger partial charge in [-0.25, -0.2) is 9.78 Å². The summed E-state index contributed by atoms with van der Waals surface area (Å²) in [5.41, 5.74) is 2.42. The molecule has 0 radical (unpaired) electrons. The lowest BCUT2D eigenvalue weighted by atomic mass is 10.0. The molecule has 2 amide bonds. The number of oxime groups is 1. The fourth-order valence-corrected chi connectivity index (χ4v) is 7.07. The third kappa shape index (κ3) is 4.76. The monoisotopic (exact) mass is 526 g/mol. The molecule has 2 atom stereocenters. The molecule has 2 aromatic heterocycles. The Hall–Kier alpha value is -2.49. The van der Waals surface area contributed by atoms with Crippen molar-refractivity contribution in [1.82, 2.24) is 25.4 Å². The number of fused-ring (bicyclic) bond motifs is 1. The van der Waals surface area contributed by atoms with Crippen molar-refractivity contribution >= 4 is 69.7 Å². The Morgan fingerprint density at radius 3 is 2.88 bits per heavy atom. The second-order valence-corrected chi connectivity index (χ2v) is 10.8. The van der Waals surface area contributed by atoms with Gasteiger partial charge < -0.3 is 15.3 Å². The van der Waals surface area contributed by atoms with Crippen LogP contribution >= 0.6 is 46.2 Å². The molecule has 2 aromatic rings. The Bertz CT molecular complexity index is 1130. The molecule has 15 heteroatoms. The summed E-state index contributed by atoms with van der Waals surface area (Å²) in [6, 6.07) is -0.873. The number of thiazole rings is 1. The number of β-lactam (4-membered cyclic amide) rings is 1. The zero-order chi connectivity index (χ0) is 23.5. The minimum atomic E-state index is -1.18. The van der Waals surface area contributed by atoms with E-state index in [2.05, 4.69) is 25.7 Å². The van der Waals surface area contributed by atoms with Crippen LogP contribution in [-0.2, 0) is 25.6 Å². The van der Waals surface area contributed by atoms with Crippen LogP contribution in [0.3, 0.4) is 0 Å². The second kappa shape index (κ2) is 10.2. The Balaban J connectivity index is 1.47. The van der Waals surface area contributed by atoms with E-state index in [1.165, 1.54) is 58.2 Å². The highest BCUT2D eigenvalue weighted by atomic mass is 32.2. The van der Waals surface area contributed by atoms with Gasteiger partial charge in [-0.05, 0) is 12.0 Å². The summed E-state index contributed by atoms with van der Waals surface area (Å²) < 4.78 is 0.753. The number of hydrogen-bond acceptors (Lipinski definition) is 12. The molecule has 4 heterocycles. The number of rotatable bonds is 9. The highest BCUT2D eigenvalue weighted by Crippen LogP contribution is 2.41. The Morgan fingerprint density at radius 1 is 1.42 bits per heavy atom. The summed E-state index contributed by atoms with van der Waals surface area (Å²) in [6.45, 7) is 1.99. The van der Waals surface area contributed by atoms with E-state index >= 15 is 0 Å². The van der Waals surface area contributed by atoms with Crippen LogP contribution in [0, 0.1) is 0 Å². The van der Waals surface area contributed by atoms with Crippen LogP contribution in [0.4, 0.5) is 0 Å². The molecule has 0 spiro atoms. The number of carbonyl (C=O) groups is 3. The third-order valence-corrected chi connectivity index (χ3v) is 8.94. The van der Waals surface area contributed by atoms with Gasteiger partial charge in [0.1, 0.15) is 34.9 Å². The molecule has 0 saturated carbocycles. The van der Waals surface area contributed by atoms with E-state index in [1.807, 2.05) is 6.92 Å². The summed E-state index contributed by atoms with van der Waals surface area (Å²) in [5, 5.41) is 26.4. The summed E-state index contributed by atoms with van der Waals surface area (Å²) in [5.74, 6) is -1.48. The largest absolute Gasteiger partial charge is 0.477 e. The topological polar surface area (TPSA) is 147 Å². The maximum absolute atomic E-state index is 12.9. The summed E-state index contributed by atoms with van der Waals surface area (Å²) in [6.07, 6.45) is 0.785. The number of hydrogen-bond donors (Lipinski definition) is 2. The number of carbonyl (C=O) groups excluding carboxylic acids is 2. The van der Waals surface area contributed by atoms with Crippen LogP contribution in [0.1, 0.15) is 17.6 Å². The third-order valence-electron chi connectivity index (χ3n) is 4.73. The number of carboxylic acids is 1. The summed E-state index contributed by atoms with van der Waals surface area (Å²) in [4.78, 5) is 47.7. The normalized spacial score (nSPS) is 20.4. The van der Waals surface area contributed by atoms with Gasteiger partial charge in [0.05, 0.1) is 5.51 Å². The van der Waals surface area contributed by atoms with Gasteiger partial charge in [0.2, 0.25) is 0 Å². The van der Waals surface area contributed by atoms with Crippen molar-refractivity contribution in [1.29, 1.82) is 0 Å². The summed E-state index contributed by atoms with van der Waals surface area (Å²) >= 11 is 5.56. The molecule has 2 aliphatic heterocycles. The van der Waals surface area contributed by atoms with E-state index < -0.39 is 29.2 Å². The van der Waals surface area contributed by atoms with Gasteiger partial charge in [0.25, 0.3) is 11.8 Å². The number of amides is 2. The molecule has 0 aliphatic carbocycles. The first-order valence-electron chi connectivity index (χ1n) is 9.60. The van der Waals surface area contributed by atoms with Gasteiger partial charge in [-0.2, -0.15) is 0 Å². The van der Waals surface area contributed by atoms with Crippen molar-refractivity contribution < 1.29 is 24.3 Å². The van der Waals surface area contributed by atoms with Crippen molar-refractivity contribution in [2.75, 3.05) is 18.6 Å². The van der Waals surface area contributed by atoms with Crippen LogP contribution in [0.2, 0.25) is 0 Å². The smallest absolute Gasteiger partial charge is 0.352 e. The highest BCUT2D eigenvalue weighted by molar-refractivity contribution is 8.01. The van der Waals surface area contributed by atoms with Gasteiger partial charge in [-0.3, -0.25) is 14.5 Å². The van der Waals surface area contributed by atoms with Gasteiger partial charge in [-0.1, -0.05) is 35.2 Å². The van der Waals surface area contributed by atoms with Gasteiger partial charge in [0.15, 0.2) is 10.1 Å². The molecular weight excluding hydrogens is 509 g/mol. The average Bonchev–Trinajstić information content (AvgIpc) is 3.50. The van der Waals surface area contributed by atoms with Crippen LogP contribution < -0.4 is 5.32 Å². The quantitative estimate of drug-likeness (QED) is 0.213. The number of aromatic nitrogens is 3. The molecule has 2 N–H and O–H groups in total. The van der Waals surface area contributed by atoms with Crippen LogP contribution in [0.15, 0.2) is 31.7 Å². The SMILES string of the molecule is CCc1nnc(SCC2=C(C(=O)O)N3C(=O)C(NC(=O)/C(=N/OC)c4cscn4)[C@H]3SC2)s1. The highest BCUT2D eigenvalue weighted by Gasteiger charge is 2.54. The standard InChI is InChI=1S/C18H18N6O5S4/c1-3-10-21-22-18(33-10)32-5-8-4-31-16-12(15(26)24(16)13(8)17(27)28)20-14(25)11(23-29-2)9-6-30-7-19-9/h6-7,12,16H,3-5H2,1-2H3,(H,20,25)(H,27,28)/b23-11+/t12?,16-/m1/s1. The number of carboxylic acid groups (broad SMARTS) is 1. The average molecular weight is 527 g/mol. The van der Waals surface area contributed by atoms with Crippen molar-refractivity contribution in [2.45, 2.75) is 29.1 Å². The van der Waals surface area contributed by atoms with Crippen LogP contribution in [0.25, 0.3) is 0 Å². The van der Waals surface area contributed by atoms with Crippen molar-refractivity contribution in [3.8, 4) is 0 Å². The zero-order valence-electron chi connectivity index (χ0n) is 17.4. The molecule has 2 aliphatic rings. The van der Waals surface area contributed by atoms with E-state index in [4.69, 9.17) is 4.84 Å². The number of aryl methyl sites for hydroxylation is 1. The molecule has 33 heavy (non-hydrogen) atoms. The summed E-state index contributed by atoms with van der Waals surface area (Å²) in [7, 11) is 1.31.